The molecule has 1 aliphatic rings. The van der Waals surface area contributed by atoms with Crippen molar-refractivity contribution < 1.29 is 27.4 Å². The molecule has 0 radical (unpaired) electrons. The largest absolute Gasteiger partial charge is 0.493 e. The number of halogens is 3. The van der Waals surface area contributed by atoms with Gasteiger partial charge < -0.3 is 20.1 Å². The summed E-state index contributed by atoms with van der Waals surface area (Å²) in [4.78, 5) is 12.7. The molecule has 0 fully saturated rings. The molecule has 0 bridgehead atoms. The standard InChI is InChI=1S/C20H25F3N4O3/c1-19(2,3)26-18(28)12-10-24-27-16(20(21,22)23)9-13(25-17(12)27)11-6-7-14(29-4)15(8-11)30-5/h6-8,10,13,16,25H,9H2,1-5H3,(H,26,28)/t13-,16+/m1/s1. The molecule has 0 saturated carbocycles. The molecule has 1 aromatic heterocycles. The third-order valence-corrected chi connectivity index (χ3v) is 4.78. The molecular weight excluding hydrogens is 401 g/mol. The van der Waals surface area contributed by atoms with Gasteiger partial charge in [0.25, 0.3) is 5.91 Å². The van der Waals surface area contributed by atoms with Crippen molar-refractivity contribution in [3.63, 3.8) is 0 Å². The molecular formula is C20H25F3N4O3. The highest BCUT2D eigenvalue weighted by atomic mass is 19.4. The molecule has 3 rings (SSSR count). The van der Waals surface area contributed by atoms with Gasteiger partial charge in [0.1, 0.15) is 11.4 Å². The van der Waals surface area contributed by atoms with E-state index in [4.69, 9.17) is 9.47 Å². The van der Waals surface area contributed by atoms with Gasteiger partial charge in [0, 0.05) is 12.0 Å². The van der Waals surface area contributed by atoms with Gasteiger partial charge in [0.2, 0.25) is 0 Å². The Hall–Kier alpha value is -2.91. The second-order valence-electron chi connectivity index (χ2n) is 8.16. The van der Waals surface area contributed by atoms with Crippen LogP contribution in [0, 0.1) is 0 Å². The van der Waals surface area contributed by atoms with Gasteiger partial charge in [-0.2, -0.15) is 18.3 Å². The number of amides is 1. The number of aromatic nitrogens is 2. The fraction of sp³-hybridized carbons (Fsp3) is 0.500. The van der Waals surface area contributed by atoms with E-state index in [9.17, 15) is 18.0 Å². The second kappa shape index (κ2) is 7.73. The van der Waals surface area contributed by atoms with Crippen molar-refractivity contribution in [2.45, 2.75) is 51.0 Å². The van der Waals surface area contributed by atoms with Gasteiger partial charge in [-0.25, -0.2) is 4.68 Å². The van der Waals surface area contributed by atoms with Crippen LogP contribution >= 0.6 is 0 Å². The smallest absolute Gasteiger partial charge is 0.410 e. The van der Waals surface area contributed by atoms with Crippen molar-refractivity contribution in [3.05, 3.63) is 35.5 Å². The summed E-state index contributed by atoms with van der Waals surface area (Å²) in [5.74, 6) is 0.417. The van der Waals surface area contributed by atoms with E-state index in [0.717, 1.165) is 4.68 Å². The van der Waals surface area contributed by atoms with E-state index < -0.39 is 29.7 Å². The number of fused-ring (bicyclic) bond motifs is 1. The molecule has 0 aliphatic carbocycles. The predicted molar refractivity (Wildman–Crippen MR) is 105 cm³/mol. The van der Waals surface area contributed by atoms with Crippen LogP contribution in [0.3, 0.4) is 0 Å². The first-order chi connectivity index (χ1) is 13.9. The van der Waals surface area contributed by atoms with Crippen molar-refractivity contribution >= 4 is 11.7 Å². The molecule has 1 aliphatic heterocycles. The van der Waals surface area contributed by atoms with E-state index in [1.54, 1.807) is 39.0 Å². The van der Waals surface area contributed by atoms with Crippen LogP contribution in [0.2, 0.25) is 0 Å². The zero-order valence-electron chi connectivity index (χ0n) is 17.4. The molecule has 2 atom stereocenters. The van der Waals surface area contributed by atoms with E-state index in [0.29, 0.717) is 17.1 Å². The zero-order chi connectivity index (χ0) is 22.3. The van der Waals surface area contributed by atoms with Crippen LogP contribution in [0.4, 0.5) is 19.0 Å². The summed E-state index contributed by atoms with van der Waals surface area (Å²) < 4.78 is 52.8. The van der Waals surface area contributed by atoms with Gasteiger partial charge in [-0.15, -0.1) is 0 Å². The van der Waals surface area contributed by atoms with Crippen molar-refractivity contribution in [2.24, 2.45) is 0 Å². The van der Waals surface area contributed by atoms with Crippen molar-refractivity contribution in [3.8, 4) is 11.5 Å². The Bertz CT molecular complexity index is 934. The maximum atomic E-state index is 13.8. The maximum Gasteiger partial charge on any atom is 0.410 e. The van der Waals surface area contributed by atoms with Crippen LogP contribution in [0.1, 0.15) is 55.2 Å². The summed E-state index contributed by atoms with van der Waals surface area (Å²) in [5, 5.41) is 9.70. The number of anilines is 1. The Morgan fingerprint density at radius 1 is 1.20 bits per heavy atom. The highest BCUT2D eigenvalue weighted by Gasteiger charge is 2.47. The Morgan fingerprint density at radius 3 is 2.43 bits per heavy atom. The topological polar surface area (TPSA) is 77.4 Å². The quantitative estimate of drug-likeness (QED) is 0.770. The van der Waals surface area contributed by atoms with Crippen LogP contribution in [0.25, 0.3) is 0 Å². The van der Waals surface area contributed by atoms with Crippen LogP contribution in [0.5, 0.6) is 11.5 Å². The zero-order valence-corrected chi connectivity index (χ0v) is 17.4. The fourth-order valence-electron chi connectivity index (χ4n) is 3.42. The van der Waals surface area contributed by atoms with Gasteiger partial charge >= 0.3 is 6.18 Å². The molecule has 30 heavy (non-hydrogen) atoms. The lowest BCUT2D eigenvalue weighted by molar-refractivity contribution is -0.173. The molecule has 1 amide bonds. The summed E-state index contributed by atoms with van der Waals surface area (Å²) >= 11 is 0. The lowest BCUT2D eigenvalue weighted by atomic mass is 9.96. The lowest BCUT2D eigenvalue weighted by Crippen LogP contribution is -2.41. The molecule has 0 spiro atoms. The van der Waals surface area contributed by atoms with E-state index >= 15 is 0 Å². The average Bonchev–Trinajstić information content (AvgIpc) is 3.08. The molecule has 2 heterocycles. The number of nitrogens with one attached hydrogen (secondary N) is 2. The Labute approximate surface area is 172 Å². The summed E-state index contributed by atoms with van der Waals surface area (Å²) in [5.41, 5.74) is 0.0908. The number of methoxy groups -OCH3 is 2. The van der Waals surface area contributed by atoms with Crippen molar-refractivity contribution in [2.75, 3.05) is 19.5 Å². The number of hydrogen-bond donors (Lipinski definition) is 2. The van der Waals surface area contributed by atoms with Crippen molar-refractivity contribution in [1.29, 1.82) is 0 Å². The van der Waals surface area contributed by atoms with Crippen LogP contribution in [-0.2, 0) is 0 Å². The van der Waals surface area contributed by atoms with Crippen LogP contribution in [0.15, 0.2) is 24.4 Å². The predicted octanol–water partition coefficient (Wildman–Crippen LogP) is 4.09. The number of carbonyl (C=O) groups is 1. The third-order valence-electron chi connectivity index (χ3n) is 4.78. The minimum atomic E-state index is -4.53. The Morgan fingerprint density at radius 2 is 1.87 bits per heavy atom. The van der Waals surface area contributed by atoms with Gasteiger partial charge in [-0.3, -0.25) is 4.79 Å². The second-order valence-corrected chi connectivity index (χ2v) is 8.16. The Kier molecular flexibility index (Phi) is 5.62. The maximum absolute atomic E-state index is 13.8. The molecule has 0 saturated heterocycles. The average molecular weight is 426 g/mol. The van der Waals surface area contributed by atoms with E-state index in [1.807, 2.05) is 0 Å². The van der Waals surface area contributed by atoms with Crippen LogP contribution in [-0.4, -0.2) is 41.6 Å². The normalized spacial score (nSPS) is 18.9. The molecule has 7 nitrogen and oxygen atoms in total. The summed E-state index contributed by atoms with van der Waals surface area (Å²) in [6, 6.07) is 2.36. The summed E-state index contributed by atoms with van der Waals surface area (Å²) in [6.45, 7) is 5.37. The van der Waals surface area contributed by atoms with E-state index in [-0.39, 0.29) is 17.8 Å². The SMILES string of the molecule is COc1ccc([C@H]2C[C@@H](C(F)(F)F)n3ncc(C(=O)NC(C)(C)C)c3N2)cc1OC. The first-order valence-corrected chi connectivity index (χ1v) is 9.40. The molecule has 0 unspecified atom stereocenters. The molecule has 2 aromatic rings. The number of ether oxygens (including phenoxy) is 2. The van der Waals surface area contributed by atoms with Gasteiger partial charge in [0.15, 0.2) is 17.5 Å². The van der Waals surface area contributed by atoms with Crippen LogP contribution < -0.4 is 20.1 Å². The molecule has 1 aromatic carbocycles. The van der Waals surface area contributed by atoms with Gasteiger partial charge in [-0.1, -0.05) is 6.07 Å². The minimum Gasteiger partial charge on any atom is -0.493 e. The highest BCUT2D eigenvalue weighted by Crippen LogP contribution is 2.45. The number of benzene rings is 1. The number of nitrogens with zero attached hydrogens (tertiary/aromatic N) is 2. The number of alkyl halides is 3. The fourth-order valence-corrected chi connectivity index (χ4v) is 3.42. The highest BCUT2D eigenvalue weighted by molar-refractivity contribution is 5.99. The van der Waals surface area contributed by atoms with Crippen molar-refractivity contribution in [1.82, 2.24) is 15.1 Å². The molecule has 164 valence electrons. The molecule has 2 N–H and O–H groups in total. The minimum absolute atomic E-state index is 0.0325. The molecule has 10 heteroatoms. The van der Waals surface area contributed by atoms with Gasteiger partial charge in [0.05, 0.1) is 26.5 Å². The Balaban J connectivity index is 2.03. The number of hydrogen-bond acceptors (Lipinski definition) is 5. The number of rotatable bonds is 4. The summed E-state index contributed by atoms with van der Waals surface area (Å²) in [6.07, 6.45) is -3.65. The first kappa shape index (κ1) is 21.8. The monoisotopic (exact) mass is 426 g/mol. The summed E-state index contributed by atoms with van der Waals surface area (Å²) in [7, 11) is 2.94. The first-order valence-electron chi connectivity index (χ1n) is 9.40. The van der Waals surface area contributed by atoms with E-state index in [1.165, 1.54) is 20.4 Å². The van der Waals surface area contributed by atoms with Gasteiger partial charge in [-0.05, 0) is 38.5 Å². The number of carbonyl (C=O) groups excluding carboxylic acids is 1. The lowest BCUT2D eigenvalue weighted by Gasteiger charge is -2.34. The van der Waals surface area contributed by atoms with E-state index in [2.05, 4.69) is 15.7 Å². The third kappa shape index (κ3) is 4.31.